The van der Waals surface area contributed by atoms with E-state index in [1.165, 1.54) is 32.4 Å². The van der Waals surface area contributed by atoms with Gasteiger partial charge < -0.3 is 0 Å². The van der Waals surface area contributed by atoms with Crippen molar-refractivity contribution in [2.45, 2.75) is 45.6 Å². The summed E-state index contributed by atoms with van der Waals surface area (Å²) >= 11 is 0. The average molecular weight is 167 g/mol. The van der Waals surface area contributed by atoms with E-state index in [4.69, 9.17) is 0 Å². The van der Waals surface area contributed by atoms with Crippen molar-refractivity contribution in [3.8, 4) is 0 Å². The molecule has 0 unspecified atom stereocenters. The molecule has 0 aromatic rings. The monoisotopic (exact) mass is 167 g/mol. The normalized spacial score (nSPS) is 40.5. The van der Waals surface area contributed by atoms with Gasteiger partial charge in [-0.05, 0) is 31.1 Å². The minimum atomic E-state index is 0.662. The van der Waals surface area contributed by atoms with Gasteiger partial charge in [-0.25, -0.2) is 0 Å². The fourth-order valence-corrected chi connectivity index (χ4v) is 3.13. The van der Waals surface area contributed by atoms with Crippen molar-refractivity contribution in [3.63, 3.8) is 0 Å². The van der Waals surface area contributed by atoms with Gasteiger partial charge in [0, 0.05) is 18.6 Å². The summed E-state index contributed by atoms with van der Waals surface area (Å²) in [6.45, 7) is 9.74. The Hall–Kier alpha value is -0.0400. The van der Waals surface area contributed by atoms with E-state index in [0.717, 1.165) is 11.8 Å². The fraction of sp³-hybridized carbons (Fsp3) is 1.00. The van der Waals surface area contributed by atoms with E-state index in [9.17, 15) is 0 Å². The predicted octanol–water partition coefficient (Wildman–Crippen LogP) is 2.52. The molecule has 70 valence electrons. The first-order chi connectivity index (χ1) is 5.66. The van der Waals surface area contributed by atoms with Crippen LogP contribution in [0.1, 0.15) is 40.0 Å². The largest absolute Gasteiger partial charge is 0.297 e. The SMILES string of the molecule is CCC12CC(CN1CC(C)C)C2. The Balaban J connectivity index is 1.98. The van der Waals surface area contributed by atoms with Crippen LogP contribution in [0, 0.1) is 11.8 Å². The molecule has 2 bridgehead atoms. The van der Waals surface area contributed by atoms with Crippen LogP contribution in [-0.4, -0.2) is 23.5 Å². The average Bonchev–Trinajstić information content (AvgIpc) is 2.38. The van der Waals surface area contributed by atoms with Crippen molar-refractivity contribution in [3.05, 3.63) is 0 Å². The highest BCUT2D eigenvalue weighted by Gasteiger charge is 2.54. The van der Waals surface area contributed by atoms with Crippen LogP contribution < -0.4 is 0 Å². The van der Waals surface area contributed by atoms with Crippen LogP contribution in [0.15, 0.2) is 0 Å². The molecule has 2 heterocycles. The summed E-state index contributed by atoms with van der Waals surface area (Å²) in [4.78, 5) is 2.75. The Morgan fingerprint density at radius 2 is 2.08 bits per heavy atom. The molecule has 3 aliphatic rings. The van der Waals surface area contributed by atoms with Crippen molar-refractivity contribution in [1.82, 2.24) is 4.90 Å². The molecule has 1 heteroatoms. The summed E-state index contributed by atoms with van der Waals surface area (Å²) in [5, 5.41) is 0. The second kappa shape index (κ2) is 2.73. The van der Waals surface area contributed by atoms with Crippen LogP contribution in [0.2, 0.25) is 0 Å². The summed E-state index contributed by atoms with van der Waals surface area (Å²) in [6, 6.07) is 0. The smallest absolute Gasteiger partial charge is 0.0213 e. The van der Waals surface area contributed by atoms with Gasteiger partial charge >= 0.3 is 0 Å². The number of hydrogen-bond acceptors (Lipinski definition) is 1. The molecular formula is C11H21N. The van der Waals surface area contributed by atoms with Gasteiger partial charge in [-0.15, -0.1) is 0 Å². The zero-order valence-corrected chi connectivity index (χ0v) is 8.64. The van der Waals surface area contributed by atoms with Crippen molar-refractivity contribution in [1.29, 1.82) is 0 Å². The second-order valence-corrected chi connectivity index (χ2v) is 5.15. The highest BCUT2D eigenvalue weighted by molar-refractivity contribution is 5.09. The van der Waals surface area contributed by atoms with Gasteiger partial charge in [-0.2, -0.15) is 0 Å². The lowest BCUT2D eigenvalue weighted by atomic mass is 9.71. The molecular weight excluding hydrogens is 146 g/mol. The van der Waals surface area contributed by atoms with E-state index in [2.05, 4.69) is 25.7 Å². The van der Waals surface area contributed by atoms with Gasteiger partial charge in [0.2, 0.25) is 0 Å². The van der Waals surface area contributed by atoms with Crippen molar-refractivity contribution in [2.75, 3.05) is 13.1 Å². The van der Waals surface area contributed by atoms with E-state index in [1.54, 1.807) is 0 Å². The summed E-state index contributed by atoms with van der Waals surface area (Å²) in [6.07, 6.45) is 4.36. The van der Waals surface area contributed by atoms with E-state index >= 15 is 0 Å². The quantitative estimate of drug-likeness (QED) is 0.624. The first-order valence-electron chi connectivity index (χ1n) is 5.41. The summed E-state index contributed by atoms with van der Waals surface area (Å²) in [5.74, 6) is 1.90. The van der Waals surface area contributed by atoms with E-state index in [1.807, 2.05) is 0 Å². The number of nitrogens with zero attached hydrogens (tertiary/aromatic N) is 1. The van der Waals surface area contributed by atoms with E-state index in [-0.39, 0.29) is 0 Å². The molecule has 0 spiro atoms. The van der Waals surface area contributed by atoms with Crippen LogP contribution in [0.25, 0.3) is 0 Å². The number of fused-ring (bicyclic) bond motifs is 1. The molecule has 1 nitrogen and oxygen atoms in total. The van der Waals surface area contributed by atoms with Gasteiger partial charge in [0.1, 0.15) is 0 Å². The Labute approximate surface area is 76.1 Å². The van der Waals surface area contributed by atoms with E-state index < -0.39 is 0 Å². The number of rotatable bonds is 3. The van der Waals surface area contributed by atoms with Gasteiger partial charge in [-0.3, -0.25) is 4.90 Å². The van der Waals surface area contributed by atoms with Gasteiger partial charge in [-0.1, -0.05) is 20.8 Å². The second-order valence-electron chi connectivity index (χ2n) is 5.15. The van der Waals surface area contributed by atoms with Gasteiger partial charge in [0.25, 0.3) is 0 Å². The highest BCUT2D eigenvalue weighted by atomic mass is 15.3. The molecule has 1 aliphatic carbocycles. The van der Waals surface area contributed by atoms with Crippen molar-refractivity contribution >= 4 is 0 Å². The Kier molecular flexibility index (Phi) is 1.95. The zero-order valence-electron chi connectivity index (χ0n) is 8.64. The third kappa shape index (κ3) is 1.10. The van der Waals surface area contributed by atoms with Crippen LogP contribution in [0.3, 0.4) is 0 Å². The molecule has 1 saturated carbocycles. The molecule has 3 rings (SSSR count). The molecule has 2 aliphatic heterocycles. The topological polar surface area (TPSA) is 3.24 Å². The fourth-order valence-electron chi connectivity index (χ4n) is 3.13. The third-order valence-corrected chi connectivity index (χ3v) is 3.73. The van der Waals surface area contributed by atoms with Crippen molar-refractivity contribution in [2.24, 2.45) is 11.8 Å². The summed E-state index contributed by atoms with van der Waals surface area (Å²) < 4.78 is 0. The van der Waals surface area contributed by atoms with Crippen LogP contribution in [-0.2, 0) is 0 Å². The van der Waals surface area contributed by atoms with Crippen LogP contribution in [0.5, 0.6) is 0 Å². The molecule has 0 atom stereocenters. The molecule has 0 aromatic carbocycles. The lowest BCUT2D eigenvalue weighted by Crippen LogP contribution is -2.46. The van der Waals surface area contributed by atoms with Gasteiger partial charge in [0.15, 0.2) is 0 Å². The zero-order chi connectivity index (χ0) is 8.77. The minimum absolute atomic E-state index is 0.662. The van der Waals surface area contributed by atoms with Crippen LogP contribution in [0.4, 0.5) is 0 Å². The lowest BCUT2D eigenvalue weighted by molar-refractivity contribution is 0.0927. The maximum Gasteiger partial charge on any atom is 0.0213 e. The van der Waals surface area contributed by atoms with E-state index in [0.29, 0.717) is 5.54 Å². The van der Waals surface area contributed by atoms with Crippen LogP contribution >= 0.6 is 0 Å². The Bertz CT molecular complexity index is 168. The third-order valence-electron chi connectivity index (χ3n) is 3.73. The van der Waals surface area contributed by atoms with Gasteiger partial charge in [0.05, 0.1) is 0 Å². The maximum atomic E-state index is 2.75. The molecule has 3 fully saturated rings. The maximum absolute atomic E-state index is 2.75. The highest BCUT2D eigenvalue weighted by Crippen LogP contribution is 2.52. The number of hydrogen-bond donors (Lipinski definition) is 0. The molecule has 0 amide bonds. The Morgan fingerprint density at radius 1 is 1.42 bits per heavy atom. The molecule has 0 aromatic heterocycles. The lowest BCUT2D eigenvalue weighted by Gasteiger charge is -2.42. The summed E-state index contributed by atoms with van der Waals surface area (Å²) in [7, 11) is 0. The Morgan fingerprint density at radius 3 is 2.58 bits per heavy atom. The first-order valence-corrected chi connectivity index (χ1v) is 5.41. The minimum Gasteiger partial charge on any atom is -0.297 e. The molecule has 0 radical (unpaired) electrons. The first kappa shape index (κ1) is 8.55. The van der Waals surface area contributed by atoms with Crippen molar-refractivity contribution < 1.29 is 0 Å². The molecule has 2 saturated heterocycles. The summed E-state index contributed by atoms with van der Waals surface area (Å²) in [5.41, 5.74) is 0.662. The molecule has 12 heavy (non-hydrogen) atoms. The molecule has 0 N–H and O–H groups in total. The standard InChI is InChI=1S/C11H21N/c1-4-11-5-10(6-11)8-12(11)7-9(2)3/h9-10H,4-8H2,1-3H3. The predicted molar refractivity (Wildman–Crippen MR) is 52.2 cm³/mol.